The number of aromatic nitrogens is 3. The van der Waals surface area contributed by atoms with E-state index in [4.69, 9.17) is 0 Å². The molecular formula is C22H24N4O2S. The van der Waals surface area contributed by atoms with Gasteiger partial charge in [-0.3, -0.25) is 9.59 Å². The number of hydrogen-bond acceptors (Lipinski definition) is 5. The quantitative estimate of drug-likeness (QED) is 0.549. The fraction of sp³-hybridized carbons (Fsp3) is 0.273. The molecule has 0 saturated heterocycles. The van der Waals surface area contributed by atoms with Gasteiger partial charge in [0.2, 0.25) is 5.91 Å². The summed E-state index contributed by atoms with van der Waals surface area (Å²) in [5.41, 5.74) is 2.00. The van der Waals surface area contributed by atoms with E-state index >= 15 is 0 Å². The van der Waals surface area contributed by atoms with Crippen LogP contribution >= 0.6 is 11.8 Å². The van der Waals surface area contributed by atoms with E-state index in [-0.39, 0.29) is 17.4 Å². The number of nitrogens with zero attached hydrogens (tertiary/aromatic N) is 3. The Labute approximate surface area is 174 Å². The second kappa shape index (κ2) is 10.0. The molecule has 0 spiro atoms. The molecule has 3 rings (SSSR count). The van der Waals surface area contributed by atoms with Crippen LogP contribution in [0.5, 0.6) is 0 Å². The molecule has 0 fully saturated rings. The first-order valence-electron chi connectivity index (χ1n) is 9.53. The van der Waals surface area contributed by atoms with E-state index in [1.807, 2.05) is 72.2 Å². The van der Waals surface area contributed by atoms with Crippen molar-refractivity contribution in [3.8, 4) is 11.4 Å². The van der Waals surface area contributed by atoms with Crippen molar-refractivity contribution in [2.45, 2.75) is 38.0 Å². The van der Waals surface area contributed by atoms with E-state index in [2.05, 4.69) is 15.5 Å². The van der Waals surface area contributed by atoms with Crippen molar-refractivity contribution in [1.29, 1.82) is 0 Å². The first-order valence-corrected chi connectivity index (χ1v) is 10.5. The van der Waals surface area contributed by atoms with E-state index in [1.165, 1.54) is 18.7 Å². The monoisotopic (exact) mass is 408 g/mol. The number of thioether (sulfide) groups is 1. The molecule has 29 heavy (non-hydrogen) atoms. The third kappa shape index (κ3) is 5.54. The van der Waals surface area contributed by atoms with Crippen LogP contribution in [0.25, 0.3) is 11.4 Å². The number of carbonyl (C=O) groups excluding carboxylic acids is 2. The molecule has 150 valence electrons. The molecule has 0 aliphatic rings. The van der Waals surface area contributed by atoms with Gasteiger partial charge in [0.1, 0.15) is 0 Å². The molecule has 7 heteroatoms. The molecule has 1 heterocycles. The predicted octanol–water partition coefficient (Wildman–Crippen LogP) is 3.37. The molecule has 1 N–H and O–H groups in total. The zero-order valence-electron chi connectivity index (χ0n) is 16.5. The van der Waals surface area contributed by atoms with Crippen LogP contribution in [0.1, 0.15) is 19.4 Å². The zero-order valence-corrected chi connectivity index (χ0v) is 17.4. The number of Topliss-reactive ketones (excluding diaryl/α,β-unsaturated/α-hetero) is 1. The van der Waals surface area contributed by atoms with Gasteiger partial charge in [0, 0.05) is 12.1 Å². The fourth-order valence-corrected chi connectivity index (χ4v) is 3.81. The van der Waals surface area contributed by atoms with Crippen molar-refractivity contribution in [2.75, 3.05) is 5.75 Å². The summed E-state index contributed by atoms with van der Waals surface area (Å²) in [6.45, 7) is 4.22. The fourth-order valence-electron chi connectivity index (χ4n) is 2.99. The molecule has 0 radical (unpaired) electrons. The van der Waals surface area contributed by atoms with Crippen LogP contribution < -0.4 is 5.32 Å². The van der Waals surface area contributed by atoms with Gasteiger partial charge in [-0.1, -0.05) is 72.4 Å². The van der Waals surface area contributed by atoms with Crippen LogP contribution in [0, 0.1) is 0 Å². The summed E-state index contributed by atoms with van der Waals surface area (Å²) in [5, 5.41) is 12.1. The molecule has 0 bridgehead atoms. The topological polar surface area (TPSA) is 76.9 Å². The molecule has 0 aliphatic heterocycles. The average Bonchev–Trinajstić information content (AvgIpc) is 3.16. The maximum absolute atomic E-state index is 12.5. The Morgan fingerprint density at radius 3 is 2.31 bits per heavy atom. The van der Waals surface area contributed by atoms with Crippen LogP contribution in [0.15, 0.2) is 65.8 Å². The minimum atomic E-state index is -0.533. The SMILES string of the molecule is CCn1c(SCC(=O)NC(Cc2ccccc2)C(C)=O)nnc1-c1ccccc1. The smallest absolute Gasteiger partial charge is 0.231 e. The lowest BCUT2D eigenvalue weighted by molar-refractivity contribution is -0.125. The molecule has 1 atom stereocenters. The number of benzene rings is 2. The Hall–Kier alpha value is -2.93. The Morgan fingerprint density at radius 2 is 1.69 bits per heavy atom. The van der Waals surface area contributed by atoms with Gasteiger partial charge >= 0.3 is 0 Å². The van der Waals surface area contributed by atoms with Gasteiger partial charge in [-0.15, -0.1) is 10.2 Å². The summed E-state index contributed by atoms with van der Waals surface area (Å²) < 4.78 is 1.99. The minimum Gasteiger partial charge on any atom is -0.345 e. The van der Waals surface area contributed by atoms with Gasteiger partial charge < -0.3 is 9.88 Å². The van der Waals surface area contributed by atoms with E-state index in [9.17, 15) is 9.59 Å². The lowest BCUT2D eigenvalue weighted by Gasteiger charge is -2.16. The highest BCUT2D eigenvalue weighted by Crippen LogP contribution is 2.23. The first-order chi connectivity index (χ1) is 14.1. The van der Waals surface area contributed by atoms with E-state index < -0.39 is 6.04 Å². The largest absolute Gasteiger partial charge is 0.345 e. The summed E-state index contributed by atoms with van der Waals surface area (Å²) >= 11 is 1.32. The third-order valence-corrected chi connectivity index (χ3v) is 5.47. The number of amides is 1. The standard InChI is InChI=1S/C22H24N4O2S/c1-3-26-21(18-12-8-5-9-13-18)24-25-22(26)29-15-20(28)23-19(16(2)27)14-17-10-6-4-7-11-17/h4-13,19H,3,14-15H2,1-2H3,(H,23,28). The van der Waals surface area contributed by atoms with Gasteiger partial charge in [0.05, 0.1) is 11.8 Å². The first kappa shape index (κ1) is 20.8. The van der Waals surface area contributed by atoms with Crippen LogP contribution in [-0.4, -0.2) is 38.2 Å². The van der Waals surface area contributed by atoms with Crippen LogP contribution in [0.4, 0.5) is 0 Å². The molecule has 0 saturated carbocycles. The maximum atomic E-state index is 12.5. The molecule has 1 aromatic heterocycles. The minimum absolute atomic E-state index is 0.0599. The molecular weight excluding hydrogens is 384 g/mol. The van der Waals surface area contributed by atoms with E-state index in [0.717, 1.165) is 17.0 Å². The highest BCUT2D eigenvalue weighted by atomic mass is 32.2. The predicted molar refractivity (Wildman–Crippen MR) is 115 cm³/mol. The number of rotatable bonds is 9. The lowest BCUT2D eigenvalue weighted by Crippen LogP contribution is -2.42. The van der Waals surface area contributed by atoms with Gasteiger partial charge in [-0.25, -0.2) is 0 Å². The van der Waals surface area contributed by atoms with Crippen molar-refractivity contribution in [3.63, 3.8) is 0 Å². The van der Waals surface area contributed by atoms with Crippen LogP contribution in [0.3, 0.4) is 0 Å². The Bertz CT molecular complexity index is 957. The van der Waals surface area contributed by atoms with Crippen molar-refractivity contribution in [2.24, 2.45) is 0 Å². The molecule has 3 aromatic rings. The summed E-state index contributed by atoms with van der Waals surface area (Å²) in [6.07, 6.45) is 0.482. The van der Waals surface area contributed by atoms with E-state index in [0.29, 0.717) is 18.1 Å². The maximum Gasteiger partial charge on any atom is 0.231 e. The summed E-state index contributed by atoms with van der Waals surface area (Å²) in [5.74, 6) is 0.695. The van der Waals surface area contributed by atoms with E-state index in [1.54, 1.807) is 0 Å². The van der Waals surface area contributed by atoms with Gasteiger partial charge in [-0.05, 0) is 25.8 Å². The normalized spacial score (nSPS) is 11.8. The Kier molecular flexibility index (Phi) is 7.19. The second-order valence-electron chi connectivity index (χ2n) is 6.63. The molecule has 0 aliphatic carbocycles. The Balaban J connectivity index is 1.62. The molecule has 6 nitrogen and oxygen atoms in total. The van der Waals surface area contributed by atoms with Crippen molar-refractivity contribution < 1.29 is 9.59 Å². The summed E-state index contributed by atoms with van der Waals surface area (Å²) in [6, 6.07) is 19.0. The number of carbonyl (C=O) groups is 2. The van der Waals surface area contributed by atoms with Crippen LogP contribution in [-0.2, 0) is 22.6 Å². The van der Waals surface area contributed by atoms with Crippen molar-refractivity contribution >= 4 is 23.5 Å². The molecule has 1 unspecified atom stereocenters. The molecule has 2 aromatic carbocycles. The highest BCUT2D eigenvalue weighted by Gasteiger charge is 2.19. The van der Waals surface area contributed by atoms with Gasteiger partial charge in [-0.2, -0.15) is 0 Å². The number of nitrogens with one attached hydrogen (secondary N) is 1. The van der Waals surface area contributed by atoms with Gasteiger partial charge in [0.15, 0.2) is 16.8 Å². The van der Waals surface area contributed by atoms with Crippen LogP contribution in [0.2, 0.25) is 0 Å². The number of hydrogen-bond donors (Lipinski definition) is 1. The molecule has 1 amide bonds. The van der Waals surface area contributed by atoms with Crippen molar-refractivity contribution in [3.05, 3.63) is 66.2 Å². The highest BCUT2D eigenvalue weighted by molar-refractivity contribution is 7.99. The number of ketones is 1. The Morgan fingerprint density at radius 1 is 1.03 bits per heavy atom. The second-order valence-corrected chi connectivity index (χ2v) is 7.57. The summed E-state index contributed by atoms with van der Waals surface area (Å²) in [4.78, 5) is 24.4. The zero-order chi connectivity index (χ0) is 20.6. The van der Waals surface area contributed by atoms with Crippen molar-refractivity contribution in [1.82, 2.24) is 20.1 Å². The summed E-state index contributed by atoms with van der Waals surface area (Å²) in [7, 11) is 0. The lowest BCUT2D eigenvalue weighted by atomic mass is 10.0. The van der Waals surface area contributed by atoms with Gasteiger partial charge in [0.25, 0.3) is 0 Å². The average molecular weight is 409 g/mol. The third-order valence-electron chi connectivity index (χ3n) is 4.51.